The van der Waals surface area contributed by atoms with E-state index < -0.39 is 6.36 Å². The Labute approximate surface area is 200 Å². The summed E-state index contributed by atoms with van der Waals surface area (Å²) in [4.78, 5) is 21.1. The highest BCUT2D eigenvalue weighted by molar-refractivity contribution is 5.78. The Balaban J connectivity index is 1.51. The fraction of sp³-hybridized carbons (Fsp3) is 0.269. The summed E-state index contributed by atoms with van der Waals surface area (Å²) in [5.74, 6) is -0.150. The third-order valence-corrected chi connectivity index (χ3v) is 5.47. The zero-order valence-electron chi connectivity index (χ0n) is 19.1. The van der Waals surface area contributed by atoms with E-state index in [2.05, 4.69) is 9.72 Å². The molecule has 1 fully saturated rings. The van der Waals surface area contributed by atoms with Crippen LogP contribution in [0.25, 0.3) is 23.4 Å². The molecular weight excluding hydrogens is 461 g/mol. The summed E-state index contributed by atoms with van der Waals surface area (Å²) in [5, 5.41) is 0. The molecular formula is C26H23F3N2O4. The average molecular weight is 484 g/mol. The number of hydrogen-bond acceptors (Lipinski definition) is 6. The molecule has 6 nitrogen and oxygen atoms in total. The van der Waals surface area contributed by atoms with Crippen molar-refractivity contribution in [1.29, 1.82) is 0 Å². The summed E-state index contributed by atoms with van der Waals surface area (Å²) in [7, 11) is 1.57. The average Bonchev–Trinajstić information content (AvgIpc) is 3.64. The molecule has 0 aliphatic heterocycles. The van der Waals surface area contributed by atoms with Crippen molar-refractivity contribution in [1.82, 2.24) is 9.97 Å². The summed E-state index contributed by atoms with van der Waals surface area (Å²) < 4.78 is 51.4. The minimum Gasteiger partial charge on any atom is -0.495 e. The lowest BCUT2D eigenvalue weighted by Crippen LogP contribution is -2.16. The predicted molar refractivity (Wildman–Crippen MR) is 124 cm³/mol. The predicted octanol–water partition coefficient (Wildman–Crippen LogP) is 5.89. The molecule has 35 heavy (non-hydrogen) atoms. The van der Waals surface area contributed by atoms with Crippen LogP contribution in [0.15, 0.2) is 54.9 Å². The first-order valence-electron chi connectivity index (χ1n) is 11.0. The monoisotopic (exact) mass is 484 g/mol. The van der Waals surface area contributed by atoms with Gasteiger partial charge in [-0.3, -0.25) is 9.78 Å². The van der Waals surface area contributed by atoms with Crippen molar-refractivity contribution in [2.75, 3.05) is 13.7 Å². The van der Waals surface area contributed by atoms with Crippen LogP contribution in [0.2, 0.25) is 0 Å². The maximum absolute atomic E-state index is 12.3. The van der Waals surface area contributed by atoms with Crippen molar-refractivity contribution in [3.63, 3.8) is 0 Å². The molecule has 0 saturated heterocycles. The van der Waals surface area contributed by atoms with Gasteiger partial charge in [-0.2, -0.15) is 0 Å². The molecule has 1 saturated carbocycles. The quantitative estimate of drug-likeness (QED) is 0.372. The molecule has 2 heterocycles. The lowest BCUT2D eigenvalue weighted by atomic mass is 10.1. The summed E-state index contributed by atoms with van der Waals surface area (Å²) in [5.41, 5.74) is 3.66. The number of carbonyl (C=O) groups excluding carboxylic acids is 1. The maximum Gasteiger partial charge on any atom is 0.573 e. The molecule has 4 rings (SSSR count). The molecule has 1 aliphatic carbocycles. The van der Waals surface area contributed by atoms with E-state index in [1.165, 1.54) is 24.3 Å². The molecule has 1 aromatic carbocycles. The lowest BCUT2D eigenvalue weighted by molar-refractivity contribution is -0.274. The Morgan fingerprint density at radius 1 is 1.09 bits per heavy atom. The van der Waals surface area contributed by atoms with Gasteiger partial charge in [0.05, 0.1) is 31.0 Å². The second-order valence-corrected chi connectivity index (χ2v) is 7.94. The highest BCUT2D eigenvalue weighted by Crippen LogP contribution is 2.50. The Bertz CT molecular complexity index is 1230. The zero-order valence-corrected chi connectivity index (χ0v) is 19.1. The Hall–Kier alpha value is -3.88. The second kappa shape index (κ2) is 10.2. The van der Waals surface area contributed by atoms with Crippen molar-refractivity contribution in [3.05, 3.63) is 71.7 Å². The summed E-state index contributed by atoms with van der Waals surface area (Å²) in [6.07, 6.45) is 2.87. The van der Waals surface area contributed by atoms with Crippen LogP contribution in [0.3, 0.4) is 0 Å². The molecule has 0 N–H and O–H groups in total. The van der Waals surface area contributed by atoms with Gasteiger partial charge in [0.2, 0.25) is 0 Å². The minimum atomic E-state index is -4.72. The van der Waals surface area contributed by atoms with E-state index in [0.717, 1.165) is 11.1 Å². The van der Waals surface area contributed by atoms with Crippen LogP contribution in [0.4, 0.5) is 13.2 Å². The number of methoxy groups -OCH3 is 1. The van der Waals surface area contributed by atoms with Gasteiger partial charge in [0.15, 0.2) is 0 Å². The first-order chi connectivity index (χ1) is 16.8. The minimum absolute atomic E-state index is 0.0516. The van der Waals surface area contributed by atoms with Crippen LogP contribution in [-0.4, -0.2) is 36.0 Å². The van der Waals surface area contributed by atoms with Crippen molar-refractivity contribution in [2.45, 2.75) is 25.6 Å². The van der Waals surface area contributed by atoms with Gasteiger partial charge in [0, 0.05) is 23.9 Å². The summed E-state index contributed by atoms with van der Waals surface area (Å²) in [6, 6.07) is 11.1. The number of nitrogens with zero attached hydrogens (tertiary/aromatic N) is 2. The fourth-order valence-electron chi connectivity index (χ4n) is 3.73. The summed E-state index contributed by atoms with van der Waals surface area (Å²) in [6.45, 7) is 2.12. The Morgan fingerprint density at radius 3 is 2.51 bits per heavy atom. The van der Waals surface area contributed by atoms with Crippen molar-refractivity contribution >= 4 is 18.1 Å². The van der Waals surface area contributed by atoms with Gasteiger partial charge in [-0.15, -0.1) is 13.2 Å². The molecule has 0 unspecified atom stereocenters. The van der Waals surface area contributed by atoms with Crippen LogP contribution in [0.5, 0.6) is 11.5 Å². The first-order valence-corrected chi connectivity index (χ1v) is 11.0. The standard InChI is InChI=1S/C26H23F3N2O4/c1-3-34-25(32)21-13-20(21)24-23(33-2)11-10-22(31-24)18-12-17(14-30-15-18)5-4-16-6-8-19(9-7-16)35-26(27,28)29/h4-12,14-15,20-21H,3,13H2,1-2H3/b5-4-/t20-,21-/m1/s1. The van der Waals surface area contributed by atoms with E-state index in [1.54, 1.807) is 38.6 Å². The van der Waals surface area contributed by atoms with Crippen LogP contribution in [0.1, 0.15) is 36.1 Å². The molecule has 0 spiro atoms. The van der Waals surface area contributed by atoms with Gasteiger partial charge in [-0.05, 0) is 54.8 Å². The van der Waals surface area contributed by atoms with Gasteiger partial charge in [-0.1, -0.05) is 24.3 Å². The molecule has 1 aliphatic rings. The number of hydrogen-bond donors (Lipinski definition) is 0. The second-order valence-electron chi connectivity index (χ2n) is 7.94. The number of carbonyl (C=O) groups is 1. The molecule has 182 valence electrons. The molecule has 0 amide bonds. The molecule has 2 aromatic heterocycles. The van der Waals surface area contributed by atoms with Gasteiger partial charge >= 0.3 is 12.3 Å². The van der Waals surface area contributed by atoms with E-state index in [0.29, 0.717) is 35.7 Å². The third kappa shape index (κ3) is 6.17. The first kappa shape index (κ1) is 24.3. The van der Waals surface area contributed by atoms with Crippen molar-refractivity contribution in [2.24, 2.45) is 5.92 Å². The zero-order chi connectivity index (χ0) is 25.0. The highest BCUT2D eigenvalue weighted by atomic mass is 19.4. The number of esters is 1. The number of halogens is 3. The van der Waals surface area contributed by atoms with Gasteiger partial charge in [0.1, 0.15) is 11.5 Å². The number of alkyl halides is 3. The maximum atomic E-state index is 12.3. The van der Waals surface area contributed by atoms with Crippen LogP contribution in [-0.2, 0) is 9.53 Å². The van der Waals surface area contributed by atoms with Crippen LogP contribution < -0.4 is 9.47 Å². The van der Waals surface area contributed by atoms with Gasteiger partial charge in [0.25, 0.3) is 0 Å². The normalized spacial score (nSPS) is 17.3. The third-order valence-electron chi connectivity index (χ3n) is 5.47. The highest BCUT2D eigenvalue weighted by Gasteiger charge is 2.47. The Kier molecular flexibility index (Phi) is 7.04. The molecule has 3 aromatic rings. The largest absolute Gasteiger partial charge is 0.573 e. The summed E-state index contributed by atoms with van der Waals surface area (Å²) >= 11 is 0. The van der Waals surface area contributed by atoms with Crippen molar-refractivity contribution in [3.8, 4) is 22.8 Å². The molecule has 2 atom stereocenters. The Morgan fingerprint density at radius 2 is 1.83 bits per heavy atom. The SMILES string of the molecule is CCOC(=O)[C@@H]1C[C@H]1c1nc(-c2cncc(/C=C\c3ccc(OC(F)(F)F)cc3)c2)ccc1OC. The number of benzene rings is 1. The topological polar surface area (TPSA) is 70.5 Å². The van der Waals surface area contributed by atoms with E-state index in [-0.39, 0.29) is 23.6 Å². The molecule has 0 radical (unpaired) electrons. The van der Waals surface area contributed by atoms with E-state index in [4.69, 9.17) is 14.5 Å². The van der Waals surface area contributed by atoms with Crippen molar-refractivity contribution < 1.29 is 32.2 Å². The van der Waals surface area contributed by atoms with E-state index in [1.807, 2.05) is 18.2 Å². The van der Waals surface area contributed by atoms with E-state index in [9.17, 15) is 18.0 Å². The number of aromatic nitrogens is 2. The lowest BCUT2D eigenvalue weighted by Gasteiger charge is -2.10. The van der Waals surface area contributed by atoms with Crippen LogP contribution >= 0.6 is 0 Å². The van der Waals surface area contributed by atoms with Gasteiger partial charge in [-0.25, -0.2) is 4.98 Å². The van der Waals surface area contributed by atoms with Crippen LogP contribution in [0, 0.1) is 5.92 Å². The number of ether oxygens (including phenoxy) is 3. The number of pyridine rings is 2. The smallest absolute Gasteiger partial charge is 0.495 e. The van der Waals surface area contributed by atoms with Gasteiger partial charge < -0.3 is 14.2 Å². The fourth-order valence-corrected chi connectivity index (χ4v) is 3.73. The molecule has 0 bridgehead atoms. The van der Waals surface area contributed by atoms with E-state index >= 15 is 0 Å². The number of rotatable bonds is 8. The molecule has 9 heteroatoms.